The van der Waals surface area contributed by atoms with E-state index in [4.69, 9.17) is 10.00 Å². The summed E-state index contributed by atoms with van der Waals surface area (Å²) in [5, 5.41) is 11.9. The Hall–Kier alpha value is -4.11. The second kappa shape index (κ2) is 9.80. The van der Waals surface area contributed by atoms with Crippen LogP contribution in [-0.2, 0) is 24.4 Å². The van der Waals surface area contributed by atoms with E-state index in [1.54, 1.807) is 35.2 Å². The molecular formula is C26H23N3O3. The number of carbonyl (C=O) groups is 2. The average molecular weight is 425 g/mol. The fraction of sp³-hybridized carbons (Fsp3) is 0.192. The van der Waals surface area contributed by atoms with Gasteiger partial charge in [0.2, 0.25) is 5.91 Å². The van der Waals surface area contributed by atoms with Crippen molar-refractivity contribution >= 4 is 11.8 Å². The molecule has 0 bridgehead atoms. The standard InChI is InChI=1S/C26H23N3O3/c27-15-21-6-2-4-8-23(21)18-32-24-11-9-20(10-12-24)26(31)28-16-25(30)29-14-13-19-5-1-3-7-22(19)17-29/h1-12H,13-14,16-18H2,(H,28,31). The Labute approximate surface area is 187 Å². The quantitative estimate of drug-likeness (QED) is 0.656. The van der Waals surface area contributed by atoms with Crippen molar-refractivity contribution < 1.29 is 14.3 Å². The van der Waals surface area contributed by atoms with Crippen molar-refractivity contribution in [2.75, 3.05) is 13.1 Å². The summed E-state index contributed by atoms with van der Waals surface area (Å²) in [7, 11) is 0. The Morgan fingerprint density at radius 3 is 2.47 bits per heavy atom. The van der Waals surface area contributed by atoms with Crippen LogP contribution in [0.2, 0.25) is 0 Å². The van der Waals surface area contributed by atoms with Crippen LogP contribution in [0, 0.1) is 11.3 Å². The summed E-state index contributed by atoms with van der Waals surface area (Å²) in [6, 6.07) is 24.2. The molecule has 2 amide bonds. The number of ether oxygens (including phenoxy) is 1. The monoisotopic (exact) mass is 425 g/mol. The maximum absolute atomic E-state index is 12.5. The van der Waals surface area contributed by atoms with Gasteiger partial charge < -0.3 is 15.0 Å². The highest BCUT2D eigenvalue weighted by molar-refractivity contribution is 5.96. The lowest BCUT2D eigenvalue weighted by Gasteiger charge is -2.29. The lowest BCUT2D eigenvalue weighted by molar-refractivity contribution is -0.131. The molecule has 0 radical (unpaired) electrons. The van der Waals surface area contributed by atoms with E-state index in [0.717, 1.165) is 17.5 Å². The Balaban J connectivity index is 1.28. The van der Waals surface area contributed by atoms with Crippen molar-refractivity contribution in [2.45, 2.75) is 19.6 Å². The number of nitriles is 1. The molecule has 6 heteroatoms. The van der Waals surface area contributed by atoms with Gasteiger partial charge in [-0.25, -0.2) is 0 Å². The fourth-order valence-corrected chi connectivity index (χ4v) is 3.70. The first-order valence-electron chi connectivity index (χ1n) is 10.5. The maximum Gasteiger partial charge on any atom is 0.251 e. The zero-order valence-electron chi connectivity index (χ0n) is 17.6. The molecule has 0 fully saturated rings. The zero-order chi connectivity index (χ0) is 22.3. The lowest BCUT2D eigenvalue weighted by Crippen LogP contribution is -2.42. The summed E-state index contributed by atoms with van der Waals surface area (Å²) in [6.45, 7) is 1.46. The van der Waals surface area contributed by atoms with Crippen molar-refractivity contribution in [2.24, 2.45) is 0 Å². The zero-order valence-corrected chi connectivity index (χ0v) is 17.6. The molecule has 4 rings (SSSR count). The van der Waals surface area contributed by atoms with E-state index in [1.165, 1.54) is 5.56 Å². The molecule has 0 spiro atoms. The molecule has 0 saturated heterocycles. The van der Waals surface area contributed by atoms with Gasteiger partial charge in [-0.1, -0.05) is 42.5 Å². The van der Waals surface area contributed by atoms with Crippen LogP contribution >= 0.6 is 0 Å². The highest BCUT2D eigenvalue weighted by Gasteiger charge is 2.20. The van der Waals surface area contributed by atoms with E-state index < -0.39 is 0 Å². The van der Waals surface area contributed by atoms with Gasteiger partial charge in [0.15, 0.2) is 0 Å². The molecule has 1 N–H and O–H groups in total. The van der Waals surface area contributed by atoms with E-state index in [9.17, 15) is 9.59 Å². The molecule has 1 aliphatic rings. The predicted octanol–water partition coefficient (Wildman–Crippen LogP) is 3.45. The minimum Gasteiger partial charge on any atom is -0.489 e. The first kappa shape index (κ1) is 21.1. The summed E-state index contributed by atoms with van der Waals surface area (Å²) in [5.41, 5.74) is 4.26. The molecule has 0 aliphatic carbocycles. The second-order valence-electron chi connectivity index (χ2n) is 7.60. The fourth-order valence-electron chi connectivity index (χ4n) is 3.70. The lowest BCUT2D eigenvalue weighted by atomic mass is 10.00. The van der Waals surface area contributed by atoms with Crippen molar-refractivity contribution in [3.63, 3.8) is 0 Å². The Bertz CT molecular complexity index is 1170. The van der Waals surface area contributed by atoms with Gasteiger partial charge in [-0.15, -0.1) is 0 Å². The number of amides is 2. The number of hydrogen-bond donors (Lipinski definition) is 1. The van der Waals surface area contributed by atoms with Crippen molar-refractivity contribution in [1.82, 2.24) is 10.2 Å². The molecule has 1 heterocycles. The molecule has 3 aromatic rings. The van der Waals surface area contributed by atoms with Crippen LogP contribution in [0.1, 0.15) is 32.6 Å². The van der Waals surface area contributed by atoms with Gasteiger partial charge in [0.1, 0.15) is 12.4 Å². The van der Waals surface area contributed by atoms with Crippen molar-refractivity contribution in [3.8, 4) is 11.8 Å². The number of rotatable bonds is 6. The normalized spacial score (nSPS) is 12.4. The van der Waals surface area contributed by atoms with Gasteiger partial charge in [0.05, 0.1) is 18.2 Å². The molecule has 160 valence electrons. The largest absolute Gasteiger partial charge is 0.489 e. The van der Waals surface area contributed by atoms with E-state index in [1.807, 2.05) is 36.4 Å². The smallest absolute Gasteiger partial charge is 0.251 e. The Morgan fingerprint density at radius 1 is 0.969 bits per heavy atom. The number of nitrogens with one attached hydrogen (secondary N) is 1. The summed E-state index contributed by atoms with van der Waals surface area (Å²) < 4.78 is 5.73. The minimum atomic E-state index is -0.308. The predicted molar refractivity (Wildman–Crippen MR) is 120 cm³/mol. The molecule has 0 saturated carbocycles. The average Bonchev–Trinajstić information content (AvgIpc) is 2.86. The molecular weight excluding hydrogens is 402 g/mol. The first-order chi connectivity index (χ1) is 15.6. The highest BCUT2D eigenvalue weighted by Crippen LogP contribution is 2.19. The number of nitrogens with zero attached hydrogens (tertiary/aromatic N) is 2. The topological polar surface area (TPSA) is 82.4 Å². The molecule has 1 aliphatic heterocycles. The molecule has 32 heavy (non-hydrogen) atoms. The van der Waals surface area contributed by atoms with Crippen LogP contribution < -0.4 is 10.1 Å². The number of benzene rings is 3. The van der Waals surface area contributed by atoms with E-state index in [0.29, 0.717) is 30.0 Å². The SMILES string of the molecule is N#Cc1ccccc1COc1ccc(C(=O)NCC(=O)N2CCc3ccccc3C2)cc1. The molecule has 0 aromatic heterocycles. The van der Waals surface area contributed by atoms with Crippen LogP contribution in [0.3, 0.4) is 0 Å². The summed E-state index contributed by atoms with van der Waals surface area (Å²) in [6.07, 6.45) is 0.830. The third-order valence-electron chi connectivity index (χ3n) is 5.53. The molecule has 0 atom stereocenters. The minimum absolute atomic E-state index is 0.0375. The van der Waals surface area contributed by atoms with Gasteiger partial charge in [-0.2, -0.15) is 5.26 Å². The molecule has 3 aromatic carbocycles. The van der Waals surface area contributed by atoms with Gasteiger partial charge in [-0.3, -0.25) is 9.59 Å². The third-order valence-corrected chi connectivity index (χ3v) is 5.53. The first-order valence-corrected chi connectivity index (χ1v) is 10.5. The van der Waals surface area contributed by atoms with Gasteiger partial charge in [-0.05, 0) is 47.9 Å². The van der Waals surface area contributed by atoms with Crippen LogP contribution in [0.25, 0.3) is 0 Å². The number of fused-ring (bicyclic) bond motifs is 1. The van der Waals surface area contributed by atoms with Crippen LogP contribution in [0.5, 0.6) is 5.75 Å². The third kappa shape index (κ3) is 4.96. The summed E-state index contributed by atoms with van der Waals surface area (Å²) in [5.74, 6) is 0.193. The number of hydrogen-bond acceptors (Lipinski definition) is 4. The molecule has 0 unspecified atom stereocenters. The van der Waals surface area contributed by atoms with Crippen LogP contribution in [0.4, 0.5) is 0 Å². The van der Waals surface area contributed by atoms with Gasteiger partial charge >= 0.3 is 0 Å². The van der Waals surface area contributed by atoms with Gasteiger partial charge in [0, 0.05) is 24.2 Å². The van der Waals surface area contributed by atoms with Crippen molar-refractivity contribution in [1.29, 1.82) is 5.26 Å². The van der Waals surface area contributed by atoms with E-state index in [2.05, 4.69) is 17.5 Å². The van der Waals surface area contributed by atoms with Crippen LogP contribution in [0.15, 0.2) is 72.8 Å². The van der Waals surface area contributed by atoms with Gasteiger partial charge in [0.25, 0.3) is 5.91 Å². The molecule has 6 nitrogen and oxygen atoms in total. The Kier molecular flexibility index (Phi) is 6.47. The van der Waals surface area contributed by atoms with Crippen molar-refractivity contribution in [3.05, 3.63) is 101 Å². The summed E-state index contributed by atoms with van der Waals surface area (Å²) in [4.78, 5) is 26.8. The Morgan fingerprint density at radius 2 is 1.69 bits per heavy atom. The van der Waals surface area contributed by atoms with E-state index >= 15 is 0 Å². The van der Waals surface area contributed by atoms with E-state index in [-0.39, 0.29) is 25.0 Å². The highest BCUT2D eigenvalue weighted by atomic mass is 16.5. The van der Waals surface area contributed by atoms with Crippen LogP contribution in [-0.4, -0.2) is 29.8 Å². The second-order valence-corrected chi connectivity index (χ2v) is 7.60. The maximum atomic E-state index is 12.5. The number of carbonyl (C=O) groups excluding carboxylic acids is 2. The summed E-state index contributed by atoms with van der Waals surface area (Å²) >= 11 is 0.